The maximum atomic E-state index is 13.1. The molecule has 0 aromatic carbocycles. The number of carbonyl (C=O) groups excluding carboxylic acids is 1. The molecule has 3 heterocycles. The van der Waals surface area contributed by atoms with Crippen LogP contribution >= 0.6 is 0 Å². The summed E-state index contributed by atoms with van der Waals surface area (Å²) in [6, 6.07) is 3.48. The molecule has 3 rings (SSSR count). The van der Waals surface area contributed by atoms with Gasteiger partial charge in [-0.15, -0.1) is 0 Å². The third-order valence-corrected chi connectivity index (χ3v) is 4.15. The number of hydrogen-bond acceptors (Lipinski definition) is 6. The first-order valence-corrected chi connectivity index (χ1v) is 7.60. The van der Waals surface area contributed by atoms with Crippen LogP contribution in [-0.4, -0.2) is 50.1 Å². The van der Waals surface area contributed by atoms with Gasteiger partial charge in [0, 0.05) is 39.1 Å². The van der Waals surface area contributed by atoms with Gasteiger partial charge in [0.1, 0.15) is 5.69 Å². The van der Waals surface area contributed by atoms with Crippen LogP contribution in [-0.2, 0) is 7.05 Å². The van der Waals surface area contributed by atoms with Gasteiger partial charge in [-0.1, -0.05) is 6.07 Å². The molecule has 24 heavy (non-hydrogen) atoms. The van der Waals surface area contributed by atoms with Crippen molar-refractivity contribution in [1.29, 1.82) is 0 Å². The Morgan fingerprint density at radius 2 is 2.29 bits per heavy atom. The van der Waals surface area contributed by atoms with Crippen molar-refractivity contribution in [3.63, 3.8) is 0 Å². The lowest BCUT2D eigenvalue weighted by Crippen LogP contribution is -2.49. The molecule has 2 aromatic heterocycles. The SMILES string of the molecule is Cc1nn(C)c(C(=O)N2CCNCC2c2cccnc2)c1[N+](=O)[O-]. The maximum Gasteiger partial charge on any atom is 0.322 e. The first-order chi connectivity index (χ1) is 11.5. The van der Waals surface area contributed by atoms with Gasteiger partial charge in [-0.25, -0.2) is 0 Å². The molecule has 0 aliphatic carbocycles. The number of piperazine rings is 1. The average molecular weight is 330 g/mol. The van der Waals surface area contributed by atoms with Crippen LogP contribution in [0.3, 0.4) is 0 Å². The lowest BCUT2D eigenvalue weighted by molar-refractivity contribution is -0.385. The molecule has 1 saturated heterocycles. The van der Waals surface area contributed by atoms with E-state index in [1.54, 1.807) is 24.3 Å². The van der Waals surface area contributed by atoms with Crippen LogP contribution in [0.1, 0.15) is 27.8 Å². The summed E-state index contributed by atoms with van der Waals surface area (Å²) in [7, 11) is 1.55. The lowest BCUT2D eigenvalue weighted by Gasteiger charge is -2.36. The van der Waals surface area contributed by atoms with E-state index in [1.165, 1.54) is 11.6 Å². The molecule has 2 aromatic rings. The second-order valence-corrected chi connectivity index (χ2v) is 5.67. The largest absolute Gasteiger partial charge is 0.327 e. The van der Waals surface area contributed by atoms with Crippen molar-refractivity contribution in [2.24, 2.45) is 7.05 Å². The molecule has 1 atom stereocenters. The van der Waals surface area contributed by atoms with Crippen molar-refractivity contribution in [2.45, 2.75) is 13.0 Å². The number of amides is 1. The van der Waals surface area contributed by atoms with Crippen LogP contribution in [0.2, 0.25) is 0 Å². The Balaban J connectivity index is 2.01. The van der Waals surface area contributed by atoms with E-state index in [1.807, 2.05) is 12.1 Å². The summed E-state index contributed by atoms with van der Waals surface area (Å²) in [6.07, 6.45) is 3.38. The highest BCUT2D eigenvalue weighted by molar-refractivity contribution is 5.97. The summed E-state index contributed by atoms with van der Waals surface area (Å²) in [5, 5.41) is 18.6. The van der Waals surface area contributed by atoms with Crippen molar-refractivity contribution >= 4 is 11.6 Å². The number of aryl methyl sites for hydroxylation is 2. The average Bonchev–Trinajstić information content (AvgIpc) is 2.89. The minimum Gasteiger partial charge on any atom is -0.327 e. The molecule has 9 heteroatoms. The molecule has 0 radical (unpaired) electrons. The summed E-state index contributed by atoms with van der Waals surface area (Å²) >= 11 is 0. The monoisotopic (exact) mass is 330 g/mol. The Morgan fingerprint density at radius 3 is 2.96 bits per heavy atom. The van der Waals surface area contributed by atoms with E-state index in [0.717, 1.165) is 5.56 Å². The number of nitrogens with zero attached hydrogens (tertiary/aromatic N) is 5. The van der Waals surface area contributed by atoms with Crippen molar-refractivity contribution in [3.8, 4) is 0 Å². The van der Waals surface area contributed by atoms with Gasteiger partial charge < -0.3 is 10.2 Å². The molecule has 1 aliphatic heterocycles. The maximum absolute atomic E-state index is 13.1. The standard InChI is InChI=1S/C15H18N6O3/c1-10-13(21(23)24)14(19(2)18-10)15(22)20-7-6-17-9-12(20)11-4-3-5-16-8-11/h3-5,8,12,17H,6-7,9H2,1-2H3. The van der Waals surface area contributed by atoms with Crippen LogP contribution in [0.15, 0.2) is 24.5 Å². The summed E-state index contributed by atoms with van der Waals surface area (Å²) < 4.78 is 1.29. The van der Waals surface area contributed by atoms with E-state index in [-0.39, 0.29) is 29.0 Å². The van der Waals surface area contributed by atoms with Crippen LogP contribution < -0.4 is 5.32 Å². The Labute approximate surface area is 138 Å². The first kappa shape index (κ1) is 16.1. The van der Waals surface area contributed by atoms with E-state index in [9.17, 15) is 14.9 Å². The summed E-state index contributed by atoms with van der Waals surface area (Å²) in [6.45, 7) is 3.19. The molecule has 0 saturated carbocycles. The van der Waals surface area contributed by atoms with E-state index in [2.05, 4.69) is 15.4 Å². The molecule has 1 aliphatic rings. The third-order valence-electron chi connectivity index (χ3n) is 4.15. The van der Waals surface area contributed by atoms with Gasteiger partial charge in [0.05, 0.1) is 11.0 Å². The zero-order chi connectivity index (χ0) is 17.3. The molecular formula is C15H18N6O3. The minimum atomic E-state index is -0.545. The summed E-state index contributed by atoms with van der Waals surface area (Å²) in [5.41, 5.74) is 0.901. The molecule has 9 nitrogen and oxygen atoms in total. The minimum absolute atomic E-state index is 0.00768. The molecule has 0 bridgehead atoms. The predicted molar refractivity (Wildman–Crippen MR) is 85.5 cm³/mol. The Bertz CT molecular complexity index is 773. The van der Waals surface area contributed by atoms with Gasteiger partial charge in [0.15, 0.2) is 0 Å². The fraction of sp³-hybridized carbons (Fsp3) is 0.400. The van der Waals surface area contributed by atoms with Crippen molar-refractivity contribution < 1.29 is 9.72 Å². The number of hydrogen-bond donors (Lipinski definition) is 1. The first-order valence-electron chi connectivity index (χ1n) is 7.60. The van der Waals surface area contributed by atoms with Crippen molar-refractivity contribution in [2.75, 3.05) is 19.6 Å². The fourth-order valence-electron chi connectivity index (χ4n) is 3.06. The quantitative estimate of drug-likeness (QED) is 0.659. The molecular weight excluding hydrogens is 312 g/mol. The van der Waals surface area contributed by atoms with Crippen molar-refractivity contribution in [1.82, 2.24) is 25.0 Å². The highest BCUT2D eigenvalue weighted by Crippen LogP contribution is 2.28. The van der Waals surface area contributed by atoms with Gasteiger partial charge in [-0.05, 0) is 18.6 Å². The number of rotatable bonds is 3. The van der Waals surface area contributed by atoms with Gasteiger partial charge in [0.2, 0.25) is 5.69 Å². The number of carbonyl (C=O) groups is 1. The van der Waals surface area contributed by atoms with Crippen LogP contribution in [0.5, 0.6) is 0 Å². The summed E-state index contributed by atoms with van der Waals surface area (Å²) in [5.74, 6) is -0.389. The van der Waals surface area contributed by atoms with Crippen LogP contribution in [0.4, 0.5) is 5.69 Å². The Morgan fingerprint density at radius 1 is 1.50 bits per heavy atom. The van der Waals surface area contributed by atoms with Gasteiger partial charge >= 0.3 is 5.69 Å². The second kappa shape index (κ2) is 6.36. The van der Waals surface area contributed by atoms with E-state index in [4.69, 9.17) is 0 Å². The van der Waals surface area contributed by atoms with Gasteiger partial charge in [-0.2, -0.15) is 5.10 Å². The normalized spacial score (nSPS) is 17.8. The van der Waals surface area contributed by atoms with E-state index < -0.39 is 4.92 Å². The Hall–Kier alpha value is -2.81. The summed E-state index contributed by atoms with van der Waals surface area (Å²) in [4.78, 5) is 29.6. The van der Waals surface area contributed by atoms with Crippen LogP contribution in [0.25, 0.3) is 0 Å². The topological polar surface area (TPSA) is 106 Å². The fourth-order valence-corrected chi connectivity index (χ4v) is 3.06. The molecule has 1 unspecified atom stereocenters. The number of nitro groups is 1. The molecule has 0 spiro atoms. The molecule has 126 valence electrons. The smallest absolute Gasteiger partial charge is 0.322 e. The van der Waals surface area contributed by atoms with Gasteiger partial charge in [-0.3, -0.25) is 24.6 Å². The Kier molecular flexibility index (Phi) is 4.26. The highest BCUT2D eigenvalue weighted by atomic mass is 16.6. The number of pyridine rings is 1. The predicted octanol–water partition coefficient (Wildman–Crippen LogP) is 0.818. The molecule has 1 fully saturated rings. The lowest BCUT2D eigenvalue weighted by atomic mass is 10.0. The molecule has 1 N–H and O–H groups in total. The van der Waals surface area contributed by atoms with Crippen molar-refractivity contribution in [3.05, 3.63) is 51.6 Å². The third kappa shape index (κ3) is 2.73. The van der Waals surface area contributed by atoms with E-state index >= 15 is 0 Å². The zero-order valence-corrected chi connectivity index (χ0v) is 13.5. The van der Waals surface area contributed by atoms with Gasteiger partial charge in [0.25, 0.3) is 5.91 Å². The number of nitrogens with one attached hydrogen (secondary N) is 1. The second-order valence-electron chi connectivity index (χ2n) is 5.67. The van der Waals surface area contributed by atoms with Crippen LogP contribution in [0, 0.1) is 17.0 Å². The number of aromatic nitrogens is 3. The van der Waals surface area contributed by atoms with E-state index in [0.29, 0.717) is 19.6 Å². The highest BCUT2D eigenvalue weighted by Gasteiger charge is 2.36. The molecule has 1 amide bonds. The zero-order valence-electron chi connectivity index (χ0n) is 13.5.